The molecule has 0 bridgehead atoms. The largest absolute Gasteiger partial charge is 0.404 e. The number of rotatable bonds is 6. The Morgan fingerprint density at radius 1 is 1.55 bits per heavy atom. The first-order valence-corrected chi connectivity index (χ1v) is 8.19. The van der Waals surface area contributed by atoms with Crippen LogP contribution in [0.15, 0.2) is 11.8 Å². The summed E-state index contributed by atoms with van der Waals surface area (Å²) in [5.41, 5.74) is 6.92. The predicted molar refractivity (Wildman–Crippen MR) is 88.9 cm³/mol. The Balaban J connectivity index is 1.60. The Bertz CT molecular complexity index is 485. The van der Waals surface area contributed by atoms with Crippen LogP contribution in [0.4, 0.5) is 0 Å². The Labute approximate surface area is 133 Å². The van der Waals surface area contributed by atoms with E-state index in [0.29, 0.717) is 12.0 Å². The van der Waals surface area contributed by atoms with Crippen LogP contribution in [-0.2, 0) is 4.79 Å². The molecule has 2 aliphatic rings. The van der Waals surface area contributed by atoms with Crippen LogP contribution < -0.4 is 21.7 Å². The molecular formula is C17H28N4O. The smallest absolute Gasteiger partial charge is 0.237 e. The van der Waals surface area contributed by atoms with Crippen molar-refractivity contribution in [2.24, 2.45) is 11.1 Å². The fraction of sp³-hybridized carbons (Fsp3) is 0.706. The molecule has 1 spiro atoms. The van der Waals surface area contributed by atoms with E-state index in [-0.39, 0.29) is 18.0 Å². The molecule has 22 heavy (non-hydrogen) atoms. The second kappa shape index (κ2) is 7.66. The van der Waals surface area contributed by atoms with E-state index in [1.54, 1.807) is 6.20 Å². The molecule has 2 rings (SSSR count). The molecule has 1 aliphatic heterocycles. The molecule has 2 unspecified atom stereocenters. The number of unbranched alkanes of at least 4 members (excludes halogenated alkanes) is 1. The molecule has 0 radical (unpaired) electrons. The van der Waals surface area contributed by atoms with E-state index in [1.807, 2.05) is 14.0 Å². The number of hydrogen-bond donors (Lipinski definition) is 4. The molecule has 5 nitrogen and oxygen atoms in total. The normalized spacial score (nSPS) is 23.7. The quantitative estimate of drug-likeness (QED) is 0.425. The second-order valence-electron chi connectivity index (χ2n) is 6.47. The molecule has 2 atom stereocenters. The summed E-state index contributed by atoms with van der Waals surface area (Å²) >= 11 is 0. The number of likely N-dealkylation sites (N-methyl/N-ethyl adjacent to an activating group) is 1. The van der Waals surface area contributed by atoms with Gasteiger partial charge in [0.2, 0.25) is 5.91 Å². The number of carbonyl (C=O) groups excluding carboxylic acids is 1. The number of hydrogen-bond acceptors (Lipinski definition) is 4. The Kier molecular flexibility index (Phi) is 5.87. The standard InChI is InChI=1S/C17H28N4O/c1-13(19-2)14(11-18)6-4-3-5-9-20-16(22)15-10-17(7-8-17)12-21-15/h11,13,15,19,21H,3,5,7-10,12,18H2,1-2H3,(H,20,22)/b14-11-. The molecule has 0 aromatic rings. The SMILES string of the molecule is CNC(C)/C(C#CCCCNC(=O)C1CC2(CC2)CN1)=C\N. The van der Waals surface area contributed by atoms with E-state index in [2.05, 4.69) is 27.8 Å². The van der Waals surface area contributed by atoms with Crippen LogP contribution in [0.5, 0.6) is 0 Å². The van der Waals surface area contributed by atoms with Gasteiger partial charge in [0.05, 0.1) is 6.04 Å². The van der Waals surface area contributed by atoms with Gasteiger partial charge in [-0.15, -0.1) is 0 Å². The van der Waals surface area contributed by atoms with Gasteiger partial charge in [-0.25, -0.2) is 0 Å². The van der Waals surface area contributed by atoms with Crippen molar-refractivity contribution in [2.45, 2.75) is 51.1 Å². The van der Waals surface area contributed by atoms with Crippen LogP contribution in [-0.4, -0.2) is 38.1 Å². The third kappa shape index (κ3) is 4.49. The summed E-state index contributed by atoms with van der Waals surface area (Å²) in [5, 5.41) is 9.45. The minimum atomic E-state index is 0.0110. The number of nitrogens with two attached hydrogens (primary N) is 1. The highest BCUT2D eigenvalue weighted by molar-refractivity contribution is 5.82. The van der Waals surface area contributed by atoms with Crippen molar-refractivity contribution in [3.63, 3.8) is 0 Å². The summed E-state index contributed by atoms with van der Waals surface area (Å²) in [6.07, 6.45) is 6.74. The molecule has 1 saturated carbocycles. The molecule has 5 N–H and O–H groups in total. The van der Waals surface area contributed by atoms with Crippen molar-refractivity contribution in [1.29, 1.82) is 0 Å². The van der Waals surface area contributed by atoms with Crippen molar-refractivity contribution in [3.05, 3.63) is 11.8 Å². The third-order valence-corrected chi connectivity index (χ3v) is 4.72. The van der Waals surface area contributed by atoms with Gasteiger partial charge in [0.25, 0.3) is 0 Å². The summed E-state index contributed by atoms with van der Waals surface area (Å²) in [5.74, 6) is 6.34. The zero-order valence-corrected chi connectivity index (χ0v) is 13.7. The lowest BCUT2D eigenvalue weighted by Crippen LogP contribution is -2.40. The zero-order valence-electron chi connectivity index (χ0n) is 13.7. The molecule has 0 aromatic heterocycles. The Hall–Kier alpha value is -1.51. The third-order valence-electron chi connectivity index (χ3n) is 4.72. The molecule has 0 aromatic carbocycles. The molecule has 1 amide bonds. The lowest BCUT2D eigenvalue weighted by molar-refractivity contribution is -0.122. The number of nitrogens with one attached hydrogen (secondary N) is 3. The van der Waals surface area contributed by atoms with Gasteiger partial charge in [-0.1, -0.05) is 11.8 Å². The van der Waals surface area contributed by atoms with Crippen LogP contribution in [0, 0.1) is 17.3 Å². The molecule has 1 aliphatic carbocycles. The summed E-state index contributed by atoms with van der Waals surface area (Å²) in [6, 6.07) is 0.178. The van der Waals surface area contributed by atoms with E-state index < -0.39 is 0 Å². The lowest BCUT2D eigenvalue weighted by atomic mass is 10.0. The Morgan fingerprint density at radius 2 is 2.32 bits per heavy atom. The fourth-order valence-corrected chi connectivity index (χ4v) is 2.79. The molecular weight excluding hydrogens is 276 g/mol. The summed E-state index contributed by atoms with van der Waals surface area (Å²) in [4.78, 5) is 12.0. The average molecular weight is 304 g/mol. The van der Waals surface area contributed by atoms with Crippen LogP contribution in [0.1, 0.15) is 39.0 Å². The summed E-state index contributed by atoms with van der Waals surface area (Å²) in [7, 11) is 1.88. The first-order chi connectivity index (χ1) is 10.6. The van der Waals surface area contributed by atoms with Crippen molar-refractivity contribution < 1.29 is 4.79 Å². The predicted octanol–water partition coefficient (Wildman–Crippen LogP) is 0.479. The van der Waals surface area contributed by atoms with Crippen molar-refractivity contribution in [2.75, 3.05) is 20.1 Å². The maximum atomic E-state index is 12.0. The van der Waals surface area contributed by atoms with Crippen molar-refractivity contribution in [3.8, 4) is 11.8 Å². The van der Waals surface area contributed by atoms with Gasteiger partial charge < -0.3 is 21.7 Å². The molecule has 122 valence electrons. The molecule has 5 heteroatoms. The monoisotopic (exact) mass is 304 g/mol. The zero-order chi connectivity index (χ0) is 16.0. The molecule has 1 heterocycles. The Morgan fingerprint density at radius 3 is 2.91 bits per heavy atom. The summed E-state index contributed by atoms with van der Waals surface area (Å²) in [6.45, 7) is 3.71. The first-order valence-electron chi connectivity index (χ1n) is 8.19. The number of amides is 1. The summed E-state index contributed by atoms with van der Waals surface area (Å²) < 4.78 is 0. The van der Waals surface area contributed by atoms with E-state index >= 15 is 0 Å². The van der Waals surface area contributed by atoms with E-state index in [4.69, 9.17) is 5.73 Å². The van der Waals surface area contributed by atoms with Crippen LogP contribution >= 0.6 is 0 Å². The minimum Gasteiger partial charge on any atom is -0.404 e. The van der Waals surface area contributed by atoms with E-state index in [0.717, 1.165) is 31.4 Å². The average Bonchev–Trinajstić information content (AvgIpc) is 3.15. The van der Waals surface area contributed by atoms with Crippen molar-refractivity contribution in [1.82, 2.24) is 16.0 Å². The molecule has 2 fully saturated rings. The highest BCUT2D eigenvalue weighted by Gasteiger charge is 2.49. The highest BCUT2D eigenvalue weighted by Crippen LogP contribution is 2.51. The van der Waals surface area contributed by atoms with Gasteiger partial charge in [0, 0.05) is 37.3 Å². The lowest BCUT2D eigenvalue weighted by Gasteiger charge is -2.10. The van der Waals surface area contributed by atoms with Crippen LogP contribution in [0.3, 0.4) is 0 Å². The second-order valence-corrected chi connectivity index (χ2v) is 6.47. The van der Waals surface area contributed by atoms with Gasteiger partial charge in [-0.3, -0.25) is 4.79 Å². The topological polar surface area (TPSA) is 79.2 Å². The van der Waals surface area contributed by atoms with Gasteiger partial charge in [0.1, 0.15) is 0 Å². The first kappa shape index (κ1) is 16.9. The van der Waals surface area contributed by atoms with Gasteiger partial charge in [-0.2, -0.15) is 0 Å². The van der Waals surface area contributed by atoms with Gasteiger partial charge in [0.15, 0.2) is 0 Å². The van der Waals surface area contributed by atoms with Gasteiger partial charge >= 0.3 is 0 Å². The minimum absolute atomic E-state index is 0.0110. The molecule has 1 saturated heterocycles. The maximum absolute atomic E-state index is 12.0. The fourth-order valence-electron chi connectivity index (χ4n) is 2.79. The highest BCUT2D eigenvalue weighted by atomic mass is 16.2. The number of carbonyl (C=O) groups is 1. The van der Waals surface area contributed by atoms with Crippen LogP contribution in [0.2, 0.25) is 0 Å². The maximum Gasteiger partial charge on any atom is 0.237 e. The van der Waals surface area contributed by atoms with Crippen LogP contribution in [0.25, 0.3) is 0 Å². The van der Waals surface area contributed by atoms with E-state index in [1.165, 1.54) is 12.8 Å². The van der Waals surface area contributed by atoms with Gasteiger partial charge in [-0.05, 0) is 45.1 Å². The van der Waals surface area contributed by atoms with Crippen molar-refractivity contribution >= 4 is 5.91 Å². The van der Waals surface area contributed by atoms with E-state index in [9.17, 15) is 4.79 Å².